The van der Waals surface area contributed by atoms with Crippen molar-refractivity contribution in [3.8, 4) is 12.1 Å². The number of pyridine rings is 1. The van der Waals surface area contributed by atoms with E-state index in [4.69, 9.17) is 10.5 Å². The molecule has 42 heavy (non-hydrogen) atoms. The predicted molar refractivity (Wildman–Crippen MR) is 159 cm³/mol. The minimum atomic E-state index is -0.290. The Bertz CT molecular complexity index is 1700. The molecule has 12 nitrogen and oxygen atoms in total. The van der Waals surface area contributed by atoms with Crippen LogP contribution in [-0.2, 0) is 13.1 Å². The van der Waals surface area contributed by atoms with Gasteiger partial charge in [0.25, 0.3) is 5.91 Å². The first-order chi connectivity index (χ1) is 20.4. The van der Waals surface area contributed by atoms with Gasteiger partial charge in [-0.1, -0.05) is 0 Å². The summed E-state index contributed by atoms with van der Waals surface area (Å²) in [6.45, 7) is 8.41. The summed E-state index contributed by atoms with van der Waals surface area (Å²) in [7, 11) is 0. The first-order valence-corrected chi connectivity index (χ1v) is 14.3. The molecule has 2 fully saturated rings. The van der Waals surface area contributed by atoms with Crippen LogP contribution in [-0.4, -0.2) is 63.9 Å². The Balaban J connectivity index is 1.09. The Kier molecular flexibility index (Phi) is 7.31. The number of aryl methyl sites for hydroxylation is 1. The van der Waals surface area contributed by atoms with E-state index in [1.807, 2.05) is 26.0 Å². The molecule has 12 heteroatoms. The lowest BCUT2D eigenvalue weighted by molar-refractivity contribution is 0.0942. The predicted octanol–water partition coefficient (Wildman–Crippen LogP) is 2.70. The number of benzene rings is 1. The highest BCUT2D eigenvalue weighted by Crippen LogP contribution is 2.44. The maximum absolute atomic E-state index is 12.9. The van der Waals surface area contributed by atoms with Crippen LogP contribution < -0.4 is 21.2 Å². The minimum Gasteiger partial charge on any atom is -0.368 e. The van der Waals surface area contributed by atoms with Gasteiger partial charge in [0, 0.05) is 58.2 Å². The van der Waals surface area contributed by atoms with Gasteiger partial charge in [-0.25, -0.2) is 14.8 Å². The van der Waals surface area contributed by atoms with E-state index in [-0.39, 0.29) is 29.5 Å². The fraction of sp³-hybridized carbons (Fsp3) is 0.433. The summed E-state index contributed by atoms with van der Waals surface area (Å²) < 4.78 is 1.59. The molecule has 0 bridgehead atoms. The number of carbonyl (C=O) groups is 1. The summed E-state index contributed by atoms with van der Waals surface area (Å²) in [5.74, 6) is 0.439. The van der Waals surface area contributed by atoms with E-state index >= 15 is 0 Å². The summed E-state index contributed by atoms with van der Waals surface area (Å²) in [6.07, 6.45) is 2.29. The Morgan fingerprint density at radius 3 is 2.50 bits per heavy atom. The number of hydrogen-bond acceptors (Lipinski definition) is 10. The second-order valence-corrected chi connectivity index (χ2v) is 11.0. The number of amides is 1. The molecule has 2 atom stereocenters. The summed E-state index contributed by atoms with van der Waals surface area (Å²) in [5, 5.41) is 25.1. The number of hydrogen-bond donors (Lipinski definition) is 2. The van der Waals surface area contributed by atoms with Gasteiger partial charge in [0.05, 0.1) is 46.4 Å². The van der Waals surface area contributed by atoms with Crippen LogP contribution in [0.3, 0.4) is 0 Å². The Morgan fingerprint density at radius 1 is 1.10 bits per heavy atom. The van der Waals surface area contributed by atoms with Gasteiger partial charge in [-0.2, -0.15) is 15.5 Å². The lowest BCUT2D eigenvalue weighted by atomic mass is 10.1. The standard InChI is InChI=1S/C30H32N10O2/c1-3-40-28-26-23(33-17-34-28)14-19(15-24(26)36-30(40)42)16-38-10-12-39(13-11-38)25-5-4-22(35-18(25)2)29(41)37-27-20(6-8-31)21(27)7-9-32/h4-5,14-15,17,20-21,27H,3,6-7,10-13,16H2,1-2H3,(H,33,34)(H,37,41). The molecule has 0 spiro atoms. The van der Waals surface area contributed by atoms with Crippen LogP contribution >= 0.6 is 0 Å². The van der Waals surface area contributed by atoms with E-state index < -0.39 is 0 Å². The molecule has 214 valence electrons. The smallest absolute Gasteiger partial charge is 0.349 e. The summed E-state index contributed by atoms with van der Waals surface area (Å²) in [4.78, 5) is 43.4. The van der Waals surface area contributed by atoms with Gasteiger partial charge in [0.1, 0.15) is 11.5 Å². The Hall–Kier alpha value is -4.81. The molecule has 3 aromatic rings. The second-order valence-electron chi connectivity index (χ2n) is 11.0. The molecule has 1 amide bonds. The fourth-order valence-electron chi connectivity index (χ4n) is 6.26. The highest BCUT2D eigenvalue weighted by Gasteiger charge is 2.50. The van der Waals surface area contributed by atoms with E-state index in [9.17, 15) is 9.59 Å². The highest BCUT2D eigenvalue weighted by molar-refractivity contribution is 6.06. The quantitative estimate of drug-likeness (QED) is 0.420. The van der Waals surface area contributed by atoms with E-state index in [0.717, 1.165) is 60.7 Å². The van der Waals surface area contributed by atoms with Crippen LogP contribution in [0.1, 0.15) is 41.5 Å². The van der Waals surface area contributed by atoms with Gasteiger partial charge in [-0.15, -0.1) is 0 Å². The maximum Gasteiger partial charge on any atom is 0.349 e. The molecule has 4 heterocycles. The summed E-state index contributed by atoms with van der Waals surface area (Å²) >= 11 is 0. The molecule has 2 aromatic heterocycles. The molecule has 1 saturated heterocycles. The summed E-state index contributed by atoms with van der Waals surface area (Å²) in [6, 6.07) is 11.9. The molecule has 1 saturated carbocycles. The highest BCUT2D eigenvalue weighted by atomic mass is 16.2. The number of nitrogens with zero attached hydrogens (tertiary/aromatic N) is 8. The van der Waals surface area contributed by atoms with Crippen molar-refractivity contribution < 1.29 is 4.79 Å². The minimum absolute atomic E-state index is 0.0316. The molecule has 2 N–H and O–H groups in total. The molecule has 0 radical (unpaired) electrons. The van der Waals surface area contributed by atoms with Gasteiger partial charge >= 0.3 is 5.69 Å². The van der Waals surface area contributed by atoms with Crippen LogP contribution in [0, 0.1) is 41.4 Å². The van der Waals surface area contributed by atoms with Crippen molar-refractivity contribution in [3.05, 3.63) is 51.7 Å². The molecular weight excluding hydrogens is 532 g/mol. The van der Waals surface area contributed by atoms with Gasteiger partial charge < -0.3 is 15.5 Å². The SMILES string of the molecule is CCn1c2c3c(cc(CN4CCN(c5ccc(C(=O)NC6C(CC#N)C6CC#N)nc5C)CC4)cc3nc1=O)NC=N2. The van der Waals surface area contributed by atoms with Crippen molar-refractivity contribution in [1.82, 2.24) is 24.8 Å². The van der Waals surface area contributed by atoms with Crippen molar-refractivity contribution in [2.75, 3.05) is 36.4 Å². The van der Waals surface area contributed by atoms with Crippen molar-refractivity contribution >= 4 is 40.3 Å². The number of carbonyl (C=O) groups excluding carboxylic acids is 1. The molecule has 1 aliphatic carbocycles. The maximum atomic E-state index is 12.9. The lowest BCUT2D eigenvalue weighted by Crippen LogP contribution is -2.46. The van der Waals surface area contributed by atoms with Crippen LogP contribution in [0.15, 0.2) is 34.1 Å². The normalized spacial score (nSPS) is 21.0. The van der Waals surface area contributed by atoms with Gasteiger partial charge in [-0.05, 0) is 55.5 Å². The third-order valence-corrected chi connectivity index (χ3v) is 8.52. The van der Waals surface area contributed by atoms with E-state index in [2.05, 4.69) is 53.6 Å². The number of aromatic nitrogens is 3. The van der Waals surface area contributed by atoms with Gasteiger partial charge in [0.15, 0.2) is 0 Å². The van der Waals surface area contributed by atoms with Gasteiger partial charge in [-0.3, -0.25) is 14.3 Å². The van der Waals surface area contributed by atoms with Crippen LogP contribution in [0.25, 0.3) is 10.9 Å². The van der Waals surface area contributed by atoms with Crippen LogP contribution in [0.5, 0.6) is 0 Å². The van der Waals surface area contributed by atoms with Crippen molar-refractivity contribution in [2.45, 2.75) is 45.8 Å². The Morgan fingerprint density at radius 2 is 1.83 bits per heavy atom. The largest absolute Gasteiger partial charge is 0.368 e. The molecule has 3 aliphatic rings. The summed E-state index contributed by atoms with van der Waals surface area (Å²) in [5.41, 5.74) is 4.49. The zero-order valence-electron chi connectivity index (χ0n) is 23.7. The number of rotatable bonds is 8. The molecule has 2 unspecified atom stereocenters. The monoisotopic (exact) mass is 564 g/mol. The number of anilines is 2. The average molecular weight is 565 g/mol. The Labute approximate surface area is 243 Å². The fourth-order valence-corrected chi connectivity index (χ4v) is 6.26. The number of piperazine rings is 1. The first kappa shape index (κ1) is 27.4. The van der Waals surface area contributed by atoms with Crippen LogP contribution in [0.2, 0.25) is 0 Å². The van der Waals surface area contributed by atoms with E-state index in [0.29, 0.717) is 36.4 Å². The van der Waals surface area contributed by atoms with E-state index in [1.54, 1.807) is 17.0 Å². The lowest BCUT2D eigenvalue weighted by Gasteiger charge is -2.36. The number of nitrogens with one attached hydrogen (secondary N) is 2. The molecule has 6 rings (SSSR count). The average Bonchev–Trinajstić information content (AvgIpc) is 3.62. The van der Waals surface area contributed by atoms with Crippen molar-refractivity contribution in [1.29, 1.82) is 10.5 Å². The van der Waals surface area contributed by atoms with E-state index in [1.165, 1.54) is 0 Å². The van der Waals surface area contributed by atoms with Crippen molar-refractivity contribution in [3.63, 3.8) is 0 Å². The third kappa shape index (κ3) is 5.06. The zero-order valence-corrected chi connectivity index (χ0v) is 23.7. The number of nitriles is 2. The second kappa shape index (κ2) is 11.2. The third-order valence-electron chi connectivity index (χ3n) is 8.52. The topological polar surface area (TPSA) is 155 Å². The van der Waals surface area contributed by atoms with Crippen LogP contribution in [0.4, 0.5) is 17.2 Å². The molecule has 1 aromatic carbocycles. The first-order valence-electron chi connectivity index (χ1n) is 14.3. The van der Waals surface area contributed by atoms with Crippen molar-refractivity contribution in [2.24, 2.45) is 16.8 Å². The number of aliphatic imine (C=N–C) groups is 1. The van der Waals surface area contributed by atoms with Gasteiger partial charge in [0.2, 0.25) is 0 Å². The molecule has 2 aliphatic heterocycles. The molecular formula is C30H32N10O2. The zero-order chi connectivity index (χ0) is 29.4.